The summed E-state index contributed by atoms with van der Waals surface area (Å²) in [6, 6.07) is 0. The first-order valence-electron chi connectivity index (χ1n) is 5.41. The molecule has 0 saturated heterocycles. The van der Waals surface area contributed by atoms with Crippen molar-refractivity contribution in [2.75, 3.05) is 13.2 Å². The van der Waals surface area contributed by atoms with E-state index in [2.05, 4.69) is 11.9 Å². The van der Waals surface area contributed by atoms with E-state index < -0.39 is 11.7 Å². The molecule has 0 bridgehead atoms. The van der Waals surface area contributed by atoms with Crippen LogP contribution in [0.5, 0.6) is 0 Å². The molecule has 0 radical (unpaired) electrons. The molecule has 0 aromatic rings. The molecule has 94 valence electrons. The van der Waals surface area contributed by atoms with E-state index in [4.69, 9.17) is 4.74 Å². The van der Waals surface area contributed by atoms with Crippen LogP contribution in [-0.2, 0) is 4.74 Å². The van der Waals surface area contributed by atoms with Gasteiger partial charge in [-0.25, -0.2) is 4.79 Å². The third-order valence-electron chi connectivity index (χ3n) is 2.08. The lowest BCUT2D eigenvalue weighted by atomic mass is 9.88. The molecule has 0 aromatic carbocycles. The van der Waals surface area contributed by atoms with Crippen LogP contribution < -0.4 is 5.32 Å². The average Bonchev–Trinajstić information content (AvgIpc) is 2.13. The summed E-state index contributed by atoms with van der Waals surface area (Å²) in [6.45, 7) is 11.3. The Morgan fingerprint density at radius 2 is 2.00 bits per heavy atom. The Morgan fingerprint density at radius 3 is 2.38 bits per heavy atom. The second-order valence-electron chi connectivity index (χ2n) is 5.32. The van der Waals surface area contributed by atoms with Gasteiger partial charge >= 0.3 is 6.09 Å². The van der Waals surface area contributed by atoms with Gasteiger partial charge in [0.2, 0.25) is 0 Å². The van der Waals surface area contributed by atoms with Gasteiger partial charge in [-0.1, -0.05) is 13.0 Å². The summed E-state index contributed by atoms with van der Waals surface area (Å²) in [6.07, 6.45) is 1.91. The zero-order valence-corrected chi connectivity index (χ0v) is 10.7. The van der Waals surface area contributed by atoms with Crippen molar-refractivity contribution in [2.24, 2.45) is 5.41 Å². The number of ether oxygens (including phenoxy) is 1. The van der Waals surface area contributed by atoms with Crippen molar-refractivity contribution in [3.63, 3.8) is 0 Å². The maximum absolute atomic E-state index is 11.4. The summed E-state index contributed by atoms with van der Waals surface area (Å²) in [4.78, 5) is 11.4. The summed E-state index contributed by atoms with van der Waals surface area (Å²) in [7, 11) is 0. The maximum atomic E-state index is 11.4. The fourth-order valence-electron chi connectivity index (χ4n) is 1.14. The fraction of sp³-hybridized carbons (Fsp3) is 0.750. The maximum Gasteiger partial charge on any atom is 0.407 e. The standard InChI is InChI=1S/C12H23NO3/c1-6-7-12(5,9-14)8-13-10(15)16-11(2,3)4/h6,14H,1,7-9H2,2-5H3,(H,13,15). The molecule has 1 unspecified atom stereocenters. The number of aliphatic hydroxyl groups is 1. The van der Waals surface area contributed by atoms with Gasteiger partial charge in [-0.3, -0.25) is 0 Å². The molecule has 4 nitrogen and oxygen atoms in total. The van der Waals surface area contributed by atoms with E-state index in [1.807, 2.05) is 27.7 Å². The molecular weight excluding hydrogens is 206 g/mol. The van der Waals surface area contributed by atoms with E-state index in [-0.39, 0.29) is 12.0 Å². The Labute approximate surface area is 97.7 Å². The fourth-order valence-corrected chi connectivity index (χ4v) is 1.14. The minimum atomic E-state index is -0.502. The van der Waals surface area contributed by atoms with Crippen LogP contribution in [0.15, 0.2) is 12.7 Å². The van der Waals surface area contributed by atoms with Gasteiger partial charge in [-0.2, -0.15) is 0 Å². The predicted molar refractivity (Wildman–Crippen MR) is 64.2 cm³/mol. The van der Waals surface area contributed by atoms with Gasteiger partial charge in [0.25, 0.3) is 0 Å². The highest BCUT2D eigenvalue weighted by molar-refractivity contribution is 5.67. The van der Waals surface area contributed by atoms with Crippen LogP contribution in [0.4, 0.5) is 4.79 Å². The highest BCUT2D eigenvalue weighted by Crippen LogP contribution is 2.19. The molecular formula is C12H23NO3. The van der Waals surface area contributed by atoms with E-state index in [9.17, 15) is 9.90 Å². The van der Waals surface area contributed by atoms with Crippen LogP contribution in [0, 0.1) is 5.41 Å². The molecule has 0 saturated carbocycles. The summed E-state index contributed by atoms with van der Waals surface area (Å²) in [5, 5.41) is 11.9. The topological polar surface area (TPSA) is 58.6 Å². The van der Waals surface area contributed by atoms with Crippen molar-refractivity contribution >= 4 is 6.09 Å². The normalized spacial score (nSPS) is 15.1. The van der Waals surface area contributed by atoms with Gasteiger partial charge in [-0.05, 0) is 27.2 Å². The van der Waals surface area contributed by atoms with Crippen molar-refractivity contribution in [1.29, 1.82) is 0 Å². The lowest BCUT2D eigenvalue weighted by molar-refractivity contribution is 0.0480. The molecule has 1 amide bonds. The minimum absolute atomic E-state index is 0.00514. The molecule has 4 heteroatoms. The number of rotatable bonds is 5. The number of aliphatic hydroxyl groups excluding tert-OH is 1. The summed E-state index contributed by atoms with van der Waals surface area (Å²) in [5.41, 5.74) is -0.878. The molecule has 0 heterocycles. The molecule has 0 rings (SSSR count). The van der Waals surface area contributed by atoms with Gasteiger partial charge in [0, 0.05) is 12.0 Å². The SMILES string of the molecule is C=CCC(C)(CO)CNC(=O)OC(C)(C)C. The smallest absolute Gasteiger partial charge is 0.407 e. The van der Waals surface area contributed by atoms with Crippen LogP contribution in [0.2, 0.25) is 0 Å². The molecule has 1 atom stereocenters. The van der Waals surface area contributed by atoms with Crippen molar-refractivity contribution in [2.45, 2.75) is 39.7 Å². The van der Waals surface area contributed by atoms with E-state index in [0.29, 0.717) is 13.0 Å². The number of hydrogen-bond donors (Lipinski definition) is 2. The first kappa shape index (κ1) is 15.0. The molecule has 0 fully saturated rings. The number of hydrogen-bond acceptors (Lipinski definition) is 3. The van der Waals surface area contributed by atoms with Crippen molar-refractivity contribution < 1.29 is 14.6 Å². The number of nitrogens with one attached hydrogen (secondary N) is 1. The van der Waals surface area contributed by atoms with Crippen LogP contribution in [-0.4, -0.2) is 30.0 Å². The predicted octanol–water partition coefficient (Wildman–Crippen LogP) is 2.09. The van der Waals surface area contributed by atoms with Crippen LogP contribution in [0.3, 0.4) is 0 Å². The third kappa shape index (κ3) is 6.45. The number of carbonyl (C=O) groups excluding carboxylic acids is 1. The van der Waals surface area contributed by atoms with Crippen molar-refractivity contribution in [1.82, 2.24) is 5.32 Å². The highest BCUT2D eigenvalue weighted by atomic mass is 16.6. The molecule has 0 aliphatic rings. The monoisotopic (exact) mass is 229 g/mol. The van der Waals surface area contributed by atoms with Gasteiger partial charge in [-0.15, -0.1) is 6.58 Å². The Kier molecular flexibility index (Phi) is 5.51. The number of alkyl carbamates (subject to hydrolysis) is 1. The van der Waals surface area contributed by atoms with E-state index >= 15 is 0 Å². The molecule has 16 heavy (non-hydrogen) atoms. The van der Waals surface area contributed by atoms with Crippen molar-refractivity contribution in [3.05, 3.63) is 12.7 Å². The zero-order valence-electron chi connectivity index (χ0n) is 10.7. The molecule has 0 aromatic heterocycles. The van der Waals surface area contributed by atoms with E-state index in [1.165, 1.54) is 0 Å². The molecule has 0 spiro atoms. The van der Waals surface area contributed by atoms with Crippen LogP contribution >= 0.6 is 0 Å². The lowest BCUT2D eigenvalue weighted by Crippen LogP contribution is -2.40. The molecule has 0 aliphatic carbocycles. The summed E-state index contributed by atoms with van der Waals surface area (Å²) in [5.74, 6) is 0. The average molecular weight is 229 g/mol. The summed E-state index contributed by atoms with van der Waals surface area (Å²) >= 11 is 0. The van der Waals surface area contributed by atoms with Gasteiger partial charge in [0.1, 0.15) is 5.60 Å². The summed E-state index contributed by atoms with van der Waals surface area (Å²) < 4.78 is 5.10. The van der Waals surface area contributed by atoms with Gasteiger partial charge in [0.05, 0.1) is 6.61 Å². The Hall–Kier alpha value is -1.03. The zero-order chi connectivity index (χ0) is 12.8. The van der Waals surface area contributed by atoms with E-state index in [0.717, 1.165) is 0 Å². The van der Waals surface area contributed by atoms with Crippen LogP contribution in [0.25, 0.3) is 0 Å². The molecule has 0 aliphatic heterocycles. The third-order valence-corrected chi connectivity index (χ3v) is 2.08. The van der Waals surface area contributed by atoms with Gasteiger partial charge in [0.15, 0.2) is 0 Å². The van der Waals surface area contributed by atoms with E-state index in [1.54, 1.807) is 6.08 Å². The number of carbonyl (C=O) groups is 1. The Balaban J connectivity index is 4.12. The van der Waals surface area contributed by atoms with Gasteiger partial charge < -0.3 is 15.2 Å². The Bertz CT molecular complexity index is 245. The number of allylic oxidation sites excluding steroid dienone is 1. The Morgan fingerprint density at radius 1 is 1.44 bits per heavy atom. The first-order valence-corrected chi connectivity index (χ1v) is 5.41. The highest BCUT2D eigenvalue weighted by Gasteiger charge is 2.24. The quantitative estimate of drug-likeness (QED) is 0.710. The van der Waals surface area contributed by atoms with Crippen molar-refractivity contribution in [3.8, 4) is 0 Å². The number of amides is 1. The second-order valence-corrected chi connectivity index (χ2v) is 5.32. The van der Waals surface area contributed by atoms with Crippen LogP contribution in [0.1, 0.15) is 34.1 Å². The first-order chi connectivity index (χ1) is 7.22. The molecule has 2 N–H and O–H groups in total. The minimum Gasteiger partial charge on any atom is -0.444 e. The largest absolute Gasteiger partial charge is 0.444 e. The lowest BCUT2D eigenvalue weighted by Gasteiger charge is -2.27. The second kappa shape index (κ2) is 5.89.